The Balaban J connectivity index is 2.94. The molecule has 0 bridgehead atoms. The molecule has 0 aliphatic carbocycles. The number of primary amides is 1. The van der Waals surface area contributed by atoms with Gasteiger partial charge in [0.15, 0.2) is 0 Å². The minimum Gasteiger partial charge on any atom is -0.466 e. The van der Waals surface area contributed by atoms with Gasteiger partial charge in [-0.2, -0.15) is 5.06 Å². The van der Waals surface area contributed by atoms with Crippen molar-refractivity contribution in [2.24, 2.45) is 5.73 Å². The number of furan rings is 1. The molecule has 5 nitrogen and oxygen atoms in total. The highest BCUT2D eigenvalue weighted by Crippen LogP contribution is 2.24. The number of aryl methyl sites for hydroxylation is 2. The van der Waals surface area contributed by atoms with E-state index in [1.165, 1.54) is 0 Å². The van der Waals surface area contributed by atoms with Gasteiger partial charge in [-0.1, -0.05) is 0 Å². The first-order valence-electron chi connectivity index (χ1n) is 4.28. The second-order valence-corrected chi connectivity index (χ2v) is 3.23. The summed E-state index contributed by atoms with van der Waals surface area (Å²) in [6, 6.07) is 0.396. The van der Waals surface area contributed by atoms with E-state index in [1.807, 2.05) is 0 Å². The van der Waals surface area contributed by atoms with Crippen molar-refractivity contribution in [3.05, 3.63) is 23.2 Å². The normalized spacial score (nSPS) is 12.6. The number of urea groups is 1. The quantitative estimate of drug-likeness (QED) is 0.561. The molecule has 0 saturated carbocycles. The van der Waals surface area contributed by atoms with Crippen LogP contribution >= 0.6 is 0 Å². The molecule has 0 aliphatic heterocycles. The molecule has 14 heavy (non-hydrogen) atoms. The molecule has 1 aromatic rings. The molecule has 0 saturated heterocycles. The van der Waals surface area contributed by atoms with Gasteiger partial charge in [-0.05, 0) is 26.8 Å². The lowest BCUT2D eigenvalue weighted by Gasteiger charge is -2.19. The molecule has 1 unspecified atom stereocenters. The van der Waals surface area contributed by atoms with Gasteiger partial charge in [0.05, 0.1) is 6.04 Å². The maximum absolute atomic E-state index is 10.7. The van der Waals surface area contributed by atoms with Crippen molar-refractivity contribution in [2.75, 3.05) is 0 Å². The molecule has 1 atom stereocenters. The zero-order valence-corrected chi connectivity index (χ0v) is 8.44. The van der Waals surface area contributed by atoms with E-state index >= 15 is 0 Å². The standard InChI is InChI=1S/C9H14N2O3/c1-5-4-8(7(3)14-5)6(2)11(13)9(10)12/h4,6,13H,1-3H3,(H2,10,12). The molecule has 0 aliphatic rings. The Morgan fingerprint density at radius 3 is 2.57 bits per heavy atom. The summed E-state index contributed by atoms with van der Waals surface area (Å²) in [5, 5.41) is 9.78. The maximum Gasteiger partial charge on any atom is 0.339 e. The summed E-state index contributed by atoms with van der Waals surface area (Å²) in [7, 11) is 0. The first-order valence-corrected chi connectivity index (χ1v) is 4.28. The second kappa shape index (κ2) is 3.71. The highest BCUT2D eigenvalue weighted by molar-refractivity contribution is 5.71. The molecule has 2 amide bonds. The van der Waals surface area contributed by atoms with E-state index in [1.54, 1.807) is 26.8 Å². The fourth-order valence-electron chi connectivity index (χ4n) is 1.39. The van der Waals surface area contributed by atoms with Gasteiger partial charge in [-0.25, -0.2) is 4.79 Å². The average molecular weight is 198 g/mol. The second-order valence-electron chi connectivity index (χ2n) is 3.23. The Hall–Kier alpha value is -1.49. The molecular weight excluding hydrogens is 184 g/mol. The third-order valence-corrected chi connectivity index (χ3v) is 2.12. The monoisotopic (exact) mass is 198 g/mol. The molecule has 0 aromatic carbocycles. The van der Waals surface area contributed by atoms with Crippen LogP contribution in [0.5, 0.6) is 0 Å². The Bertz CT molecular complexity index is 346. The molecule has 78 valence electrons. The van der Waals surface area contributed by atoms with Crippen molar-refractivity contribution in [3.63, 3.8) is 0 Å². The van der Waals surface area contributed by atoms with E-state index in [-0.39, 0.29) is 0 Å². The predicted molar refractivity (Wildman–Crippen MR) is 49.8 cm³/mol. The third kappa shape index (κ3) is 1.88. The van der Waals surface area contributed by atoms with Crippen LogP contribution in [0.4, 0.5) is 4.79 Å². The number of nitrogens with zero attached hydrogens (tertiary/aromatic N) is 1. The molecule has 0 radical (unpaired) electrons. The molecule has 0 fully saturated rings. The van der Waals surface area contributed by atoms with E-state index in [0.717, 1.165) is 11.3 Å². The summed E-state index contributed by atoms with van der Waals surface area (Å²) in [6.07, 6.45) is 0. The molecule has 3 N–H and O–H groups in total. The first kappa shape index (κ1) is 10.6. The molecule has 1 rings (SSSR count). The van der Waals surface area contributed by atoms with E-state index in [9.17, 15) is 10.0 Å². The van der Waals surface area contributed by atoms with Crippen molar-refractivity contribution < 1.29 is 14.4 Å². The van der Waals surface area contributed by atoms with Crippen LogP contribution in [0.1, 0.15) is 30.0 Å². The van der Waals surface area contributed by atoms with Crippen LogP contribution in [0, 0.1) is 13.8 Å². The number of hydrogen-bond donors (Lipinski definition) is 2. The molecule has 1 aromatic heterocycles. The van der Waals surface area contributed by atoms with Crippen LogP contribution in [0.2, 0.25) is 0 Å². The van der Waals surface area contributed by atoms with Crippen LogP contribution in [-0.4, -0.2) is 16.3 Å². The van der Waals surface area contributed by atoms with Gasteiger partial charge in [0.1, 0.15) is 11.5 Å². The van der Waals surface area contributed by atoms with Crippen molar-refractivity contribution >= 4 is 6.03 Å². The van der Waals surface area contributed by atoms with Crippen LogP contribution in [-0.2, 0) is 0 Å². The summed E-state index contributed by atoms with van der Waals surface area (Å²) >= 11 is 0. The fourth-order valence-corrected chi connectivity index (χ4v) is 1.39. The molecule has 0 spiro atoms. The van der Waals surface area contributed by atoms with Gasteiger partial charge in [0.2, 0.25) is 0 Å². The number of rotatable bonds is 2. The lowest BCUT2D eigenvalue weighted by Crippen LogP contribution is -2.34. The number of hydroxylamine groups is 2. The number of nitrogens with two attached hydrogens (primary N) is 1. The Kier molecular flexibility index (Phi) is 2.81. The van der Waals surface area contributed by atoms with Crippen molar-refractivity contribution in [2.45, 2.75) is 26.8 Å². The highest BCUT2D eigenvalue weighted by atomic mass is 16.5. The van der Waals surface area contributed by atoms with Gasteiger partial charge in [-0.3, -0.25) is 5.21 Å². The van der Waals surface area contributed by atoms with Crippen LogP contribution in [0.15, 0.2) is 10.5 Å². The van der Waals surface area contributed by atoms with Gasteiger partial charge in [0.25, 0.3) is 0 Å². The average Bonchev–Trinajstić information content (AvgIpc) is 2.42. The van der Waals surface area contributed by atoms with E-state index in [4.69, 9.17) is 10.2 Å². The lowest BCUT2D eigenvalue weighted by atomic mass is 10.1. The summed E-state index contributed by atoms with van der Waals surface area (Å²) in [5.41, 5.74) is 5.69. The van der Waals surface area contributed by atoms with Crippen molar-refractivity contribution in [3.8, 4) is 0 Å². The van der Waals surface area contributed by atoms with Crippen LogP contribution in [0.25, 0.3) is 0 Å². The predicted octanol–water partition coefficient (Wildman–Crippen LogP) is 1.73. The summed E-state index contributed by atoms with van der Waals surface area (Å²) < 4.78 is 5.28. The van der Waals surface area contributed by atoms with E-state index in [0.29, 0.717) is 10.8 Å². The van der Waals surface area contributed by atoms with Crippen LogP contribution in [0.3, 0.4) is 0 Å². The summed E-state index contributed by atoms with van der Waals surface area (Å²) in [6.45, 7) is 5.24. The maximum atomic E-state index is 10.7. The minimum absolute atomic E-state index is 0.483. The van der Waals surface area contributed by atoms with Crippen LogP contribution < -0.4 is 5.73 Å². The van der Waals surface area contributed by atoms with Crippen molar-refractivity contribution in [1.82, 2.24) is 5.06 Å². The Labute approximate surface area is 82.1 Å². The third-order valence-electron chi connectivity index (χ3n) is 2.12. The highest BCUT2D eigenvalue weighted by Gasteiger charge is 2.20. The smallest absolute Gasteiger partial charge is 0.339 e. The van der Waals surface area contributed by atoms with Gasteiger partial charge >= 0.3 is 6.03 Å². The first-order chi connectivity index (χ1) is 6.43. The number of carbonyl (C=O) groups is 1. The molecule has 1 heterocycles. The number of hydrogen-bond acceptors (Lipinski definition) is 3. The summed E-state index contributed by atoms with van der Waals surface area (Å²) in [5.74, 6) is 1.41. The van der Waals surface area contributed by atoms with E-state index < -0.39 is 12.1 Å². The zero-order valence-electron chi connectivity index (χ0n) is 8.44. The minimum atomic E-state index is -0.879. The Morgan fingerprint density at radius 2 is 2.21 bits per heavy atom. The molecule has 5 heteroatoms. The van der Waals surface area contributed by atoms with Gasteiger partial charge < -0.3 is 10.2 Å². The topological polar surface area (TPSA) is 79.7 Å². The number of amides is 2. The van der Waals surface area contributed by atoms with Gasteiger partial charge in [-0.15, -0.1) is 0 Å². The fraction of sp³-hybridized carbons (Fsp3) is 0.444. The summed E-state index contributed by atoms with van der Waals surface area (Å²) in [4.78, 5) is 10.7. The van der Waals surface area contributed by atoms with Crippen molar-refractivity contribution in [1.29, 1.82) is 0 Å². The van der Waals surface area contributed by atoms with E-state index in [2.05, 4.69) is 0 Å². The number of carbonyl (C=O) groups excluding carboxylic acids is 1. The zero-order chi connectivity index (χ0) is 10.9. The Morgan fingerprint density at radius 1 is 1.64 bits per heavy atom. The lowest BCUT2D eigenvalue weighted by molar-refractivity contribution is -0.0713. The van der Waals surface area contributed by atoms with Gasteiger partial charge in [0, 0.05) is 5.56 Å². The SMILES string of the molecule is Cc1cc(C(C)N(O)C(N)=O)c(C)o1. The largest absolute Gasteiger partial charge is 0.466 e. The molecular formula is C9H14N2O3.